The standard InChI is InChI=1S/C9H3IN6O/c10-7-8(13-3-14-9(7)17)16-4-15-5(1-11)6(16)2-12/h3-4H,(H,13,14,17). The summed E-state index contributed by atoms with van der Waals surface area (Å²) in [5.41, 5.74) is -0.249. The fourth-order valence-electron chi connectivity index (χ4n) is 1.24. The fraction of sp³-hybridized carbons (Fsp3) is 0. The number of halogens is 1. The van der Waals surface area contributed by atoms with Gasteiger partial charge in [-0.05, 0) is 22.6 Å². The molecule has 0 aliphatic carbocycles. The monoisotopic (exact) mass is 338 g/mol. The molecule has 82 valence electrons. The number of nitrogens with zero attached hydrogens (tertiary/aromatic N) is 5. The molecule has 0 bridgehead atoms. The zero-order valence-corrected chi connectivity index (χ0v) is 10.3. The minimum absolute atomic E-state index is 0.00498. The summed E-state index contributed by atoms with van der Waals surface area (Å²) in [6.07, 6.45) is 2.52. The van der Waals surface area contributed by atoms with Gasteiger partial charge in [-0.25, -0.2) is 9.97 Å². The Morgan fingerprint density at radius 3 is 2.76 bits per heavy atom. The molecule has 0 saturated carbocycles. The van der Waals surface area contributed by atoms with E-state index < -0.39 is 0 Å². The normalized spacial score (nSPS) is 9.59. The molecule has 0 amide bonds. The second-order valence-electron chi connectivity index (χ2n) is 2.90. The van der Waals surface area contributed by atoms with Crippen molar-refractivity contribution in [1.29, 1.82) is 10.5 Å². The van der Waals surface area contributed by atoms with E-state index in [0.717, 1.165) is 0 Å². The van der Waals surface area contributed by atoms with Gasteiger partial charge in [-0.3, -0.25) is 9.36 Å². The summed E-state index contributed by atoms with van der Waals surface area (Å²) >= 11 is 1.82. The molecule has 2 heterocycles. The van der Waals surface area contributed by atoms with Gasteiger partial charge in [0.1, 0.15) is 22.0 Å². The first-order valence-electron chi connectivity index (χ1n) is 4.30. The van der Waals surface area contributed by atoms with Crippen molar-refractivity contribution in [2.24, 2.45) is 0 Å². The number of aromatic amines is 1. The largest absolute Gasteiger partial charge is 0.312 e. The van der Waals surface area contributed by atoms with E-state index in [4.69, 9.17) is 10.5 Å². The van der Waals surface area contributed by atoms with Crippen LogP contribution in [0.1, 0.15) is 11.4 Å². The van der Waals surface area contributed by atoms with E-state index in [0.29, 0.717) is 3.57 Å². The highest BCUT2D eigenvalue weighted by Crippen LogP contribution is 2.14. The number of H-pyrrole nitrogens is 1. The van der Waals surface area contributed by atoms with E-state index in [1.165, 1.54) is 17.2 Å². The summed E-state index contributed by atoms with van der Waals surface area (Å²) in [6.45, 7) is 0. The van der Waals surface area contributed by atoms with Crippen LogP contribution in [-0.2, 0) is 0 Å². The van der Waals surface area contributed by atoms with Crippen LogP contribution in [0, 0.1) is 26.2 Å². The summed E-state index contributed by atoms with van der Waals surface area (Å²) < 4.78 is 1.64. The van der Waals surface area contributed by atoms with Gasteiger partial charge in [0, 0.05) is 0 Å². The van der Waals surface area contributed by atoms with Crippen LogP contribution in [0.25, 0.3) is 5.82 Å². The van der Waals surface area contributed by atoms with Gasteiger partial charge in [-0.1, -0.05) is 0 Å². The van der Waals surface area contributed by atoms with Crippen LogP contribution < -0.4 is 5.56 Å². The SMILES string of the molecule is N#Cc1ncn(-c2nc[nH]c(=O)c2I)c1C#N. The number of nitriles is 2. The summed E-state index contributed by atoms with van der Waals surface area (Å²) in [6, 6.07) is 3.66. The first-order chi connectivity index (χ1) is 8.19. The van der Waals surface area contributed by atoms with Gasteiger partial charge in [0.2, 0.25) is 0 Å². The van der Waals surface area contributed by atoms with Gasteiger partial charge in [0.25, 0.3) is 5.56 Å². The first-order valence-corrected chi connectivity index (χ1v) is 5.38. The van der Waals surface area contributed by atoms with Crippen molar-refractivity contribution in [2.75, 3.05) is 0 Å². The Balaban J connectivity index is 2.76. The van der Waals surface area contributed by atoms with Crippen LogP contribution in [0.4, 0.5) is 0 Å². The number of aromatic nitrogens is 4. The molecule has 0 atom stereocenters. The lowest BCUT2D eigenvalue weighted by atomic mass is 10.3. The van der Waals surface area contributed by atoms with Crippen LogP contribution in [0.3, 0.4) is 0 Å². The van der Waals surface area contributed by atoms with Gasteiger partial charge in [-0.2, -0.15) is 10.5 Å². The molecular weight excluding hydrogens is 335 g/mol. The average molecular weight is 338 g/mol. The quantitative estimate of drug-likeness (QED) is 0.752. The van der Waals surface area contributed by atoms with Crippen LogP contribution in [0.2, 0.25) is 0 Å². The highest BCUT2D eigenvalue weighted by Gasteiger charge is 2.15. The maximum Gasteiger partial charge on any atom is 0.266 e. The van der Waals surface area contributed by atoms with Gasteiger partial charge < -0.3 is 4.98 Å². The molecule has 1 N–H and O–H groups in total. The maximum absolute atomic E-state index is 11.4. The van der Waals surface area contributed by atoms with Crippen LogP contribution in [-0.4, -0.2) is 19.5 Å². The zero-order chi connectivity index (χ0) is 12.4. The number of rotatable bonds is 1. The Kier molecular flexibility index (Phi) is 2.89. The van der Waals surface area contributed by atoms with Crippen molar-refractivity contribution in [1.82, 2.24) is 19.5 Å². The topological polar surface area (TPSA) is 111 Å². The minimum Gasteiger partial charge on any atom is -0.312 e. The second kappa shape index (κ2) is 4.35. The summed E-state index contributed by atoms with van der Waals surface area (Å²) in [5.74, 6) is 0.278. The van der Waals surface area contributed by atoms with Crippen LogP contribution in [0.5, 0.6) is 0 Å². The van der Waals surface area contributed by atoms with Crippen molar-refractivity contribution >= 4 is 22.6 Å². The molecule has 7 nitrogen and oxygen atoms in total. The third-order valence-electron chi connectivity index (χ3n) is 1.99. The van der Waals surface area contributed by atoms with E-state index in [9.17, 15) is 4.79 Å². The molecule has 2 aromatic heterocycles. The molecule has 17 heavy (non-hydrogen) atoms. The number of hydrogen-bond donors (Lipinski definition) is 1. The molecule has 0 aliphatic rings. The number of nitrogens with one attached hydrogen (secondary N) is 1. The lowest BCUT2D eigenvalue weighted by molar-refractivity contribution is 0.932. The second-order valence-corrected chi connectivity index (χ2v) is 3.98. The fourth-order valence-corrected chi connectivity index (χ4v) is 1.79. The van der Waals surface area contributed by atoms with E-state index >= 15 is 0 Å². The molecule has 0 unspecified atom stereocenters. The Labute approximate surface area is 109 Å². The molecule has 2 aromatic rings. The predicted octanol–water partition coefficient (Wildman–Crippen LogP) is 0.304. The van der Waals surface area contributed by atoms with Crippen molar-refractivity contribution in [2.45, 2.75) is 0 Å². The van der Waals surface area contributed by atoms with Crippen molar-refractivity contribution < 1.29 is 0 Å². The number of hydrogen-bond acceptors (Lipinski definition) is 5. The number of imidazole rings is 1. The summed E-state index contributed by atoms with van der Waals surface area (Å²) in [7, 11) is 0. The zero-order valence-electron chi connectivity index (χ0n) is 8.18. The Morgan fingerprint density at radius 2 is 2.12 bits per heavy atom. The summed E-state index contributed by atoms with van der Waals surface area (Å²) in [4.78, 5) is 21.6. The van der Waals surface area contributed by atoms with Gasteiger partial charge in [0.15, 0.2) is 17.2 Å². The Bertz CT molecular complexity index is 716. The molecule has 2 rings (SSSR count). The molecule has 0 saturated heterocycles. The van der Waals surface area contributed by atoms with Crippen LogP contribution in [0.15, 0.2) is 17.4 Å². The predicted molar refractivity (Wildman–Crippen MR) is 64.1 cm³/mol. The minimum atomic E-state index is -0.313. The van der Waals surface area contributed by atoms with E-state index in [1.807, 2.05) is 28.7 Å². The van der Waals surface area contributed by atoms with Gasteiger partial charge >= 0.3 is 0 Å². The smallest absolute Gasteiger partial charge is 0.266 e. The molecule has 0 aliphatic heterocycles. The Morgan fingerprint density at radius 1 is 1.35 bits per heavy atom. The lowest BCUT2D eigenvalue weighted by Gasteiger charge is -2.03. The van der Waals surface area contributed by atoms with Gasteiger partial charge in [0.05, 0.1) is 6.33 Å². The summed E-state index contributed by atoms with van der Waals surface area (Å²) in [5, 5.41) is 17.7. The molecule has 0 radical (unpaired) electrons. The molecule has 8 heteroatoms. The Hall–Kier alpha value is -2.20. The van der Waals surface area contributed by atoms with Crippen molar-refractivity contribution in [3.63, 3.8) is 0 Å². The van der Waals surface area contributed by atoms with Crippen molar-refractivity contribution in [3.05, 3.63) is 38.0 Å². The average Bonchev–Trinajstić information content (AvgIpc) is 2.75. The first kappa shape index (κ1) is 11.3. The molecule has 0 aromatic carbocycles. The third-order valence-corrected chi connectivity index (χ3v) is 2.96. The highest BCUT2D eigenvalue weighted by molar-refractivity contribution is 14.1. The van der Waals surface area contributed by atoms with Crippen molar-refractivity contribution in [3.8, 4) is 18.0 Å². The molecular formula is C9H3IN6O. The lowest BCUT2D eigenvalue weighted by Crippen LogP contribution is -2.15. The highest BCUT2D eigenvalue weighted by atomic mass is 127. The van der Waals surface area contributed by atoms with E-state index in [1.54, 1.807) is 6.07 Å². The maximum atomic E-state index is 11.4. The molecule has 0 fully saturated rings. The van der Waals surface area contributed by atoms with E-state index in [-0.39, 0.29) is 22.8 Å². The van der Waals surface area contributed by atoms with E-state index in [2.05, 4.69) is 15.0 Å². The van der Waals surface area contributed by atoms with Crippen LogP contribution >= 0.6 is 22.6 Å². The molecule has 0 spiro atoms. The third kappa shape index (κ3) is 1.79. The van der Waals surface area contributed by atoms with Gasteiger partial charge in [-0.15, -0.1) is 0 Å².